The van der Waals surface area contributed by atoms with Crippen LogP contribution in [0.5, 0.6) is 0 Å². The molecule has 0 radical (unpaired) electrons. The zero-order valence-corrected chi connectivity index (χ0v) is 18.0. The van der Waals surface area contributed by atoms with Gasteiger partial charge in [-0.05, 0) is 42.9 Å². The molecule has 5 nitrogen and oxygen atoms in total. The summed E-state index contributed by atoms with van der Waals surface area (Å²) in [6.07, 6.45) is 4.94. The standard InChI is InChI=1S/C23H22Cl2N4O/c24-19-7-8-20(21(25)11-19)16-1-3-17(4-2-16)22-27-26-14-29(22)13-15-9-10-28(12-15)23(30)18-5-6-18/h1-4,7-8,11,14-15,18H,5-6,9-10,12-13H2/t15-/m0/s1. The van der Waals surface area contributed by atoms with Crippen LogP contribution >= 0.6 is 23.2 Å². The van der Waals surface area contributed by atoms with Gasteiger partial charge in [0.1, 0.15) is 6.33 Å². The maximum absolute atomic E-state index is 12.3. The van der Waals surface area contributed by atoms with Gasteiger partial charge in [-0.2, -0.15) is 0 Å². The van der Waals surface area contributed by atoms with Crippen LogP contribution in [0.4, 0.5) is 0 Å². The zero-order chi connectivity index (χ0) is 20.7. The highest BCUT2D eigenvalue weighted by Crippen LogP contribution is 2.34. The van der Waals surface area contributed by atoms with Crippen molar-refractivity contribution in [3.05, 3.63) is 58.8 Å². The number of hydrogen-bond acceptors (Lipinski definition) is 3. The van der Waals surface area contributed by atoms with Crippen molar-refractivity contribution in [2.75, 3.05) is 13.1 Å². The first kappa shape index (κ1) is 19.6. The van der Waals surface area contributed by atoms with E-state index in [1.807, 2.05) is 41.3 Å². The Kier molecular flexibility index (Phi) is 5.25. The Bertz CT molecular complexity index is 1080. The molecule has 1 saturated carbocycles. The minimum absolute atomic E-state index is 0.293. The Hall–Kier alpha value is -2.37. The molecule has 7 heteroatoms. The van der Waals surface area contributed by atoms with Gasteiger partial charge in [0.15, 0.2) is 5.82 Å². The van der Waals surface area contributed by atoms with E-state index >= 15 is 0 Å². The van der Waals surface area contributed by atoms with Gasteiger partial charge in [0.2, 0.25) is 5.91 Å². The number of amides is 1. The molecule has 1 aromatic heterocycles. The lowest BCUT2D eigenvalue weighted by Crippen LogP contribution is -2.30. The predicted molar refractivity (Wildman–Crippen MR) is 118 cm³/mol. The molecule has 0 N–H and O–H groups in total. The highest BCUT2D eigenvalue weighted by atomic mass is 35.5. The Morgan fingerprint density at radius 2 is 1.80 bits per heavy atom. The molecule has 3 aromatic rings. The molecule has 1 atom stereocenters. The molecule has 0 spiro atoms. The summed E-state index contributed by atoms with van der Waals surface area (Å²) in [7, 11) is 0. The van der Waals surface area contributed by atoms with Crippen molar-refractivity contribution in [2.45, 2.75) is 25.8 Å². The number of hydrogen-bond donors (Lipinski definition) is 0. The summed E-state index contributed by atoms with van der Waals surface area (Å²) in [5.74, 6) is 1.92. The molecule has 2 heterocycles. The first-order chi connectivity index (χ1) is 14.6. The lowest BCUT2D eigenvalue weighted by atomic mass is 10.0. The number of aromatic nitrogens is 3. The fourth-order valence-corrected chi connectivity index (χ4v) is 4.70. The van der Waals surface area contributed by atoms with Gasteiger partial charge in [-0.3, -0.25) is 4.79 Å². The molecule has 1 saturated heterocycles. The molecular weight excluding hydrogens is 419 g/mol. The molecular formula is C23H22Cl2N4O. The normalized spacial score (nSPS) is 18.7. The first-order valence-electron chi connectivity index (χ1n) is 10.3. The molecule has 1 amide bonds. The molecule has 0 unspecified atom stereocenters. The summed E-state index contributed by atoms with van der Waals surface area (Å²) >= 11 is 12.3. The van der Waals surface area contributed by atoms with Gasteiger partial charge in [-0.15, -0.1) is 10.2 Å². The van der Waals surface area contributed by atoms with Crippen LogP contribution in [0.15, 0.2) is 48.8 Å². The Labute approximate surface area is 185 Å². The first-order valence-corrected chi connectivity index (χ1v) is 11.1. The molecule has 2 aromatic carbocycles. The average Bonchev–Trinajstić information content (AvgIpc) is 3.32. The molecule has 2 aliphatic rings. The molecule has 1 aliphatic heterocycles. The molecule has 1 aliphatic carbocycles. The van der Waals surface area contributed by atoms with E-state index < -0.39 is 0 Å². The van der Waals surface area contributed by atoms with E-state index in [0.29, 0.717) is 27.8 Å². The van der Waals surface area contributed by atoms with Crippen LogP contribution in [0.3, 0.4) is 0 Å². The number of rotatable bonds is 5. The van der Waals surface area contributed by atoms with Crippen LogP contribution in [0.2, 0.25) is 10.0 Å². The minimum Gasteiger partial charge on any atom is -0.342 e. The van der Waals surface area contributed by atoms with E-state index in [1.165, 1.54) is 0 Å². The van der Waals surface area contributed by atoms with Gasteiger partial charge in [0, 0.05) is 46.7 Å². The molecule has 0 bridgehead atoms. The second-order valence-electron chi connectivity index (χ2n) is 8.22. The van der Waals surface area contributed by atoms with E-state index in [2.05, 4.69) is 14.8 Å². The summed E-state index contributed by atoms with van der Waals surface area (Å²) in [5.41, 5.74) is 2.97. The SMILES string of the molecule is O=C(C1CC1)N1CC[C@H](Cn2cnnc2-c2ccc(-c3ccc(Cl)cc3Cl)cc2)C1. The summed E-state index contributed by atoms with van der Waals surface area (Å²) in [6.45, 7) is 2.52. The number of carbonyl (C=O) groups excluding carboxylic acids is 1. The lowest BCUT2D eigenvalue weighted by molar-refractivity contribution is -0.131. The molecule has 154 valence electrons. The van der Waals surface area contributed by atoms with E-state index in [0.717, 1.165) is 61.4 Å². The van der Waals surface area contributed by atoms with Crippen LogP contribution in [0.1, 0.15) is 19.3 Å². The van der Waals surface area contributed by atoms with E-state index in [9.17, 15) is 4.79 Å². The Balaban J connectivity index is 1.30. The molecule has 30 heavy (non-hydrogen) atoms. The van der Waals surface area contributed by atoms with Gasteiger partial charge in [0.05, 0.1) is 0 Å². The van der Waals surface area contributed by atoms with E-state index in [4.69, 9.17) is 23.2 Å². The van der Waals surface area contributed by atoms with Crippen LogP contribution in [0.25, 0.3) is 22.5 Å². The van der Waals surface area contributed by atoms with Crippen LogP contribution in [-0.2, 0) is 11.3 Å². The number of nitrogens with zero attached hydrogens (tertiary/aromatic N) is 4. The summed E-state index contributed by atoms with van der Waals surface area (Å²) < 4.78 is 2.10. The monoisotopic (exact) mass is 440 g/mol. The maximum atomic E-state index is 12.3. The van der Waals surface area contributed by atoms with Gasteiger partial charge in [-0.25, -0.2) is 0 Å². The Morgan fingerprint density at radius 3 is 2.53 bits per heavy atom. The topological polar surface area (TPSA) is 51.0 Å². The highest BCUT2D eigenvalue weighted by molar-refractivity contribution is 6.36. The van der Waals surface area contributed by atoms with Crippen molar-refractivity contribution in [3.63, 3.8) is 0 Å². The lowest BCUT2D eigenvalue weighted by Gasteiger charge is -2.17. The minimum atomic E-state index is 0.293. The number of benzene rings is 2. The number of halogens is 2. The van der Waals surface area contributed by atoms with Crippen LogP contribution < -0.4 is 0 Å². The van der Waals surface area contributed by atoms with Gasteiger partial charge in [-0.1, -0.05) is 53.5 Å². The largest absolute Gasteiger partial charge is 0.342 e. The predicted octanol–water partition coefficient (Wildman–Crippen LogP) is 5.18. The highest BCUT2D eigenvalue weighted by Gasteiger charge is 2.36. The third-order valence-corrected chi connectivity index (χ3v) is 6.53. The smallest absolute Gasteiger partial charge is 0.225 e. The number of likely N-dealkylation sites (tertiary alicyclic amines) is 1. The quantitative estimate of drug-likeness (QED) is 0.549. The number of carbonyl (C=O) groups is 1. The second-order valence-corrected chi connectivity index (χ2v) is 9.07. The van der Waals surface area contributed by atoms with Crippen molar-refractivity contribution in [1.82, 2.24) is 19.7 Å². The fourth-order valence-electron chi connectivity index (χ4n) is 4.18. The van der Waals surface area contributed by atoms with Crippen molar-refractivity contribution in [3.8, 4) is 22.5 Å². The molecule has 2 fully saturated rings. The Morgan fingerprint density at radius 1 is 1.03 bits per heavy atom. The van der Waals surface area contributed by atoms with Crippen molar-refractivity contribution in [2.24, 2.45) is 11.8 Å². The summed E-state index contributed by atoms with van der Waals surface area (Å²) in [5, 5.41) is 9.73. The van der Waals surface area contributed by atoms with Crippen molar-refractivity contribution >= 4 is 29.1 Å². The zero-order valence-electron chi connectivity index (χ0n) is 16.5. The third-order valence-electron chi connectivity index (χ3n) is 5.98. The molecule has 5 rings (SSSR count). The van der Waals surface area contributed by atoms with Crippen molar-refractivity contribution in [1.29, 1.82) is 0 Å². The van der Waals surface area contributed by atoms with Crippen LogP contribution in [-0.4, -0.2) is 38.7 Å². The summed E-state index contributed by atoms with van der Waals surface area (Å²) in [4.78, 5) is 14.4. The fraction of sp³-hybridized carbons (Fsp3) is 0.348. The summed E-state index contributed by atoms with van der Waals surface area (Å²) in [6, 6.07) is 13.7. The van der Waals surface area contributed by atoms with E-state index in [-0.39, 0.29) is 0 Å². The van der Waals surface area contributed by atoms with Crippen molar-refractivity contribution < 1.29 is 4.79 Å². The average molecular weight is 441 g/mol. The van der Waals surface area contributed by atoms with Gasteiger partial charge >= 0.3 is 0 Å². The van der Waals surface area contributed by atoms with Gasteiger partial charge in [0.25, 0.3) is 0 Å². The maximum Gasteiger partial charge on any atom is 0.225 e. The van der Waals surface area contributed by atoms with Crippen LogP contribution in [0, 0.1) is 11.8 Å². The van der Waals surface area contributed by atoms with Gasteiger partial charge < -0.3 is 9.47 Å². The van der Waals surface area contributed by atoms with E-state index in [1.54, 1.807) is 12.4 Å². The third kappa shape index (κ3) is 3.96. The second kappa shape index (κ2) is 8.05.